The summed E-state index contributed by atoms with van der Waals surface area (Å²) < 4.78 is 0. The van der Waals surface area contributed by atoms with Crippen molar-refractivity contribution in [1.29, 1.82) is 0 Å². The van der Waals surface area contributed by atoms with Crippen LogP contribution in [0.4, 0.5) is 0 Å². The second kappa shape index (κ2) is 6.10. The van der Waals surface area contributed by atoms with Crippen LogP contribution in [0.15, 0.2) is 0 Å². The number of carbonyl (C=O) groups is 2. The fourth-order valence-corrected chi connectivity index (χ4v) is 2.31. The van der Waals surface area contributed by atoms with Crippen LogP contribution in [0.2, 0.25) is 0 Å². The van der Waals surface area contributed by atoms with Crippen molar-refractivity contribution in [3.63, 3.8) is 0 Å². The summed E-state index contributed by atoms with van der Waals surface area (Å²) >= 11 is 1.29. The number of aliphatic carboxylic acids is 1. The normalized spacial score (nSPS) is 16.9. The van der Waals surface area contributed by atoms with Crippen LogP contribution in [-0.4, -0.2) is 52.0 Å². The van der Waals surface area contributed by atoms with E-state index in [9.17, 15) is 9.59 Å². The first kappa shape index (κ1) is 13.3. The zero-order valence-corrected chi connectivity index (χ0v) is 10.2. The number of hydrogen-bond acceptors (Lipinski definition) is 4. The number of carboxylic acids is 1. The average Bonchev–Trinajstić information content (AvgIpc) is 3.02. The average molecular weight is 246 g/mol. The van der Waals surface area contributed by atoms with Gasteiger partial charge in [0.1, 0.15) is 6.04 Å². The molecule has 0 radical (unpaired) electrons. The van der Waals surface area contributed by atoms with Crippen LogP contribution < -0.4 is 5.73 Å². The first-order valence-electron chi connectivity index (χ1n) is 5.41. The molecule has 1 amide bonds. The van der Waals surface area contributed by atoms with Gasteiger partial charge in [0, 0.05) is 18.3 Å². The van der Waals surface area contributed by atoms with Crippen LogP contribution in [0, 0.1) is 0 Å². The lowest BCUT2D eigenvalue weighted by Gasteiger charge is -2.20. The van der Waals surface area contributed by atoms with Gasteiger partial charge in [0.05, 0.1) is 5.75 Å². The van der Waals surface area contributed by atoms with E-state index in [4.69, 9.17) is 10.8 Å². The Bertz CT molecular complexity index is 269. The molecule has 0 aromatic carbocycles. The minimum Gasteiger partial charge on any atom is -0.480 e. The third kappa shape index (κ3) is 4.02. The molecule has 1 rings (SSSR count). The Morgan fingerprint density at radius 1 is 1.56 bits per heavy atom. The Kier molecular flexibility index (Phi) is 5.08. The second-order valence-electron chi connectivity index (χ2n) is 3.87. The molecule has 0 spiro atoms. The SMILES string of the molecule is CCN(C(=O)CSC[C@@H](N)C(=O)O)C1CC1. The van der Waals surface area contributed by atoms with Crippen molar-refractivity contribution in [3.05, 3.63) is 0 Å². The molecule has 1 aliphatic rings. The molecule has 5 nitrogen and oxygen atoms in total. The zero-order chi connectivity index (χ0) is 12.1. The van der Waals surface area contributed by atoms with E-state index in [1.54, 1.807) is 0 Å². The maximum absolute atomic E-state index is 11.7. The van der Waals surface area contributed by atoms with Gasteiger partial charge in [-0.1, -0.05) is 0 Å². The number of nitrogens with two attached hydrogens (primary N) is 1. The molecule has 6 heteroatoms. The Morgan fingerprint density at radius 2 is 2.19 bits per heavy atom. The maximum Gasteiger partial charge on any atom is 0.321 e. The summed E-state index contributed by atoms with van der Waals surface area (Å²) in [5, 5.41) is 8.57. The molecule has 0 bridgehead atoms. The highest BCUT2D eigenvalue weighted by atomic mass is 32.2. The van der Waals surface area contributed by atoms with E-state index >= 15 is 0 Å². The molecule has 1 aliphatic carbocycles. The van der Waals surface area contributed by atoms with E-state index in [0.29, 0.717) is 11.8 Å². The summed E-state index contributed by atoms with van der Waals surface area (Å²) in [5.74, 6) is -0.323. The highest BCUT2D eigenvalue weighted by molar-refractivity contribution is 8.00. The molecule has 16 heavy (non-hydrogen) atoms. The van der Waals surface area contributed by atoms with Gasteiger partial charge in [-0.15, -0.1) is 11.8 Å². The smallest absolute Gasteiger partial charge is 0.321 e. The zero-order valence-electron chi connectivity index (χ0n) is 9.39. The van der Waals surface area contributed by atoms with E-state index in [-0.39, 0.29) is 11.7 Å². The lowest BCUT2D eigenvalue weighted by molar-refractivity contribution is -0.138. The van der Waals surface area contributed by atoms with E-state index in [0.717, 1.165) is 19.4 Å². The number of amides is 1. The highest BCUT2D eigenvalue weighted by Gasteiger charge is 2.31. The van der Waals surface area contributed by atoms with Crippen LogP contribution >= 0.6 is 11.8 Å². The summed E-state index contributed by atoms with van der Waals surface area (Å²) in [5.41, 5.74) is 5.34. The lowest BCUT2D eigenvalue weighted by Crippen LogP contribution is -2.36. The molecule has 0 saturated heterocycles. The Balaban J connectivity index is 2.21. The van der Waals surface area contributed by atoms with Gasteiger partial charge in [-0.05, 0) is 19.8 Å². The molecule has 0 aromatic rings. The van der Waals surface area contributed by atoms with Gasteiger partial charge in [-0.25, -0.2) is 0 Å². The number of nitrogens with zero attached hydrogens (tertiary/aromatic N) is 1. The molecule has 0 heterocycles. The van der Waals surface area contributed by atoms with E-state index in [2.05, 4.69) is 0 Å². The molecular weight excluding hydrogens is 228 g/mol. The molecule has 1 fully saturated rings. The Hall–Kier alpha value is -0.750. The van der Waals surface area contributed by atoms with Crippen molar-refractivity contribution in [2.75, 3.05) is 18.1 Å². The molecule has 0 aromatic heterocycles. The number of carbonyl (C=O) groups excluding carboxylic acids is 1. The summed E-state index contributed by atoms with van der Waals surface area (Å²) in [4.78, 5) is 24.0. The van der Waals surface area contributed by atoms with Gasteiger partial charge in [0.15, 0.2) is 0 Å². The van der Waals surface area contributed by atoms with E-state index in [1.807, 2.05) is 11.8 Å². The van der Waals surface area contributed by atoms with Crippen molar-refractivity contribution in [1.82, 2.24) is 4.90 Å². The second-order valence-corrected chi connectivity index (χ2v) is 4.90. The predicted octanol–water partition coefficient (Wildman–Crippen LogP) is 0.142. The van der Waals surface area contributed by atoms with Crippen LogP contribution in [0.25, 0.3) is 0 Å². The molecule has 1 saturated carbocycles. The van der Waals surface area contributed by atoms with Crippen LogP contribution in [0.5, 0.6) is 0 Å². The molecule has 0 aliphatic heterocycles. The molecule has 0 unspecified atom stereocenters. The number of thioether (sulfide) groups is 1. The minimum atomic E-state index is -1.02. The van der Waals surface area contributed by atoms with Crippen molar-refractivity contribution in [2.45, 2.75) is 31.8 Å². The maximum atomic E-state index is 11.7. The molecule has 1 atom stereocenters. The topological polar surface area (TPSA) is 83.6 Å². The minimum absolute atomic E-state index is 0.0904. The first-order chi connectivity index (χ1) is 7.56. The van der Waals surface area contributed by atoms with Crippen LogP contribution in [0.3, 0.4) is 0 Å². The van der Waals surface area contributed by atoms with Crippen molar-refractivity contribution in [2.24, 2.45) is 5.73 Å². The third-order valence-electron chi connectivity index (χ3n) is 2.49. The van der Waals surface area contributed by atoms with Crippen molar-refractivity contribution < 1.29 is 14.7 Å². The summed E-state index contributed by atoms with van der Waals surface area (Å²) in [6, 6.07) is -0.458. The molecule has 3 N–H and O–H groups in total. The lowest BCUT2D eigenvalue weighted by atomic mass is 10.4. The summed E-state index contributed by atoms with van der Waals surface area (Å²) in [7, 11) is 0. The van der Waals surface area contributed by atoms with Gasteiger partial charge in [-0.3, -0.25) is 9.59 Å². The predicted molar refractivity (Wildman–Crippen MR) is 63.3 cm³/mol. The molecule has 92 valence electrons. The number of carboxylic acid groups (broad SMARTS) is 1. The fourth-order valence-electron chi connectivity index (χ4n) is 1.45. The van der Waals surface area contributed by atoms with Crippen molar-refractivity contribution in [3.8, 4) is 0 Å². The van der Waals surface area contributed by atoms with E-state index in [1.165, 1.54) is 11.8 Å². The van der Waals surface area contributed by atoms with Gasteiger partial charge in [0.25, 0.3) is 0 Å². The number of hydrogen-bond donors (Lipinski definition) is 2. The fraction of sp³-hybridized carbons (Fsp3) is 0.800. The van der Waals surface area contributed by atoms with Gasteiger partial charge in [-0.2, -0.15) is 0 Å². The number of rotatable bonds is 7. The van der Waals surface area contributed by atoms with Gasteiger partial charge < -0.3 is 15.7 Å². The Morgan fingerprint density at radius 3 is 2.62 bits per heavy atom. The van der Waals surface area contributed by atoms with E-state index < -0.39 is 12.0 Å². The van der Waals surface area contributed by atoms with Gasteiger partial charge >= 0.3 is 5.97 Å². The quantitative estimate of drug-likeness (QED) is 0.667. The largest absolute Gasteiger partial charge is 0.480 e. The standard InChI is InChI=1S/C10H18N2O3S/c1-2-12(7-3-4-7)9(13)6-16-5-8(11)10(14)15/h7-8H,2-6,11H2,1H3,(H,14,15)/t8-/m1/s1. The summed E-state index contributed by atoms with van der Waals surface area (Å²) in [6.45, 7) is 2.69. The van der Waals surface area contributed by atoms with Crippen LogP contribution in [-0.2, 0) is 9.59 Å². The third-order valence-corrected chi connectivity index (χ3v) is 3.53. The monoisotopic (exact) mass is 246 g/mol. The Labute approximate surface area is 99.4 Å². The first-order valence-corrected chi connectivity index (χ1v) is 6.57. The van der Waals surface area contributed by atoms with Gasteiger partial charge in [0.2, 0.25) is 5.91 Å². The van der Waals surface area contributed by atoms with Crippen LogP contribution in [0.1, 0.15) is 19.8 Å². The molecular formula is C10H18N2O3S. The highest BCUT2D eigenvalue weighted by Crippen LogP contribution is 2.27. The van der Waals surface area contributed by atoms with Crippen molar-refractivity contribution >= 4 is 23.6 Å². The summed E-state index contributed by atoms with van der Waals surface area (Å²) in [6.07, 6.45) is 2.19.